The molecule has 0 fully saturated rings. The van der Waals surface area contributed by atoms with Crippen molar-refractivity contribution >= 4 is 23.5 Å². The first-order chi connectivity index (χ1) is 13.0. The van der Waals surface area contributed by atoms with Crippen molar-refractivity contribution in [2.45, 2.75) is 26.4 Å². The third-order valence-electron chi connectivity index (χ3n) is 3.77. The second-order valence-electron chi connectivity index (χ2n) is 6.02. The molecule has 0 aromatic heterocycles. The third-order valence-corrected chi connectivity index (χ3v) is 4.02. The van der Waals surface area contributed by atoms with Gasteiger partial charge in [0.15, 0.2) is 12.6 Å². The first kappa shape index (κ1) is 20.6. The first-order valence-corrected chi connectivity index (χ1v) is 9.16. The molecule has 2 rings (SSSR count). The minimum Gasteiger partial charge on any atom is -0.484 e. The molecule has 2 aromatic carbocycles. The van der Waals surface area contributed by atoms with Crippen LogP contribution in [0.1, 0.15) is 31.0 Å². The molecule has 0 spiro atoms. The lowest BCUT2D eigenvalue weighted by molar-refractivity contribution is -0.119. The normalized spacial score (nSPS) is 12.3. The van der Waals surface area contributed by atoms with Crippen molar-refractivity contribution in [3.63, 3.8) is 0 Å². The van der Waals surface area contributed by atoms with E-state index in [1.165, 1.54) is 0 Å². The fourth-order valence-corrected chi connectivity index (χ4v) is 2.54. The summed E-state index contributed by atoms with van der Waals surface area (Å²) in [5.41, 5.74) is 7.19. The maximum Gasteiger partial charge on any atom is 0.255 e. The molecule has 0 radical (unpaired) electrons. The standard InChI is InChI=1S/C20H25ClN4O2/c1-3-23-20(25-14(2)16-7-9-17(21)10-8-16)24-12-15-5-4-6-18(11-15)27-13-19(22)26/h4-11,14H,3,12-13H2,1-2H3,(H2,22,26)(H2,23,24,25). The highest BCUT2D eigenvalue weighted by Crippen LogP contribution is 2.16. The monoisotopic (exact) mass is 388 g/mol. The zero-order chi connectivity index (χ0) is 19.6. The highest BCUT2D eigenvalue weighted by atomic mass is 35.5. The van der Waals surface area contributed by atoms with Crippen molar-refractivity contribution < 1.29 is 9.53 Å². The van der Waals surface area contributed by atoms with Gasteiger partial charge in [0.05, 0.1) is 12.6 Å². The zero-order valence-corrected chi connectivity index (χ0v) is 16.3. The van der Waals surface area contributed by atoms with E-state index in [9.17, 15) is 4.79 Å². The molecule has 0 aliphatic carbocycles. The molecule has 2 aromatic rings. The number of aliphatic imine (C=N–C) groups is 1. The van der Waals surface area contributed by atoms with Crippen LogP contribution in [0.2, 0.25) is 5.02 Å². The number of nitrogens with two attached hydrogens (primary N) is 1. The third kappa shape index (κ3) is 7.19. The Morgan fingerprint density at radius 1 is 1.26 bits per heavy atom. The molecule has 4 N–H and O–H groups in total. The van der Waals surface area contributed by atoms with Crippen molar-refractivity contribution in [2.75, 3.05) is 13.2 Å². The van der Waals surface area contributed by atoms with Crippen LogP contribution in [-0.2, 0) is 11.3 Å². The summed E-state index contributed by atoms with van der Waals surface area (Å²) in [5, 5.41) is 7.33. The van der Waals surface area contributed by atoms with Crippen LogP contribution in [0, 0.1) is 0 Å². The number of carbonyl (C=O) groups excluding carboxylic acids is 1. The van der Waals surface area contributed by atoms with Gasteiger partial charge in [0.1, 0.15) is 5.75 Å². The van der Waals surface area contributed by atoms with Gasteiger partial charge in [-0.3, -0.25) is 4.79 Å². The molecule has 1 atom stereocenters. The number of nitrogens with zero attached hydrogens (tertiary/aromatic N) is 1. The molecule has 0 saturated heterocycles. The van der Waals surface area contributed by atoms with Crippen LogP contribution in [0.3, 0.4) is 0 Å². The summed E-state index contributed by atoms with van der Waals surface area (Å²) in [6.07, 6.45) is 0. The summed E-state index contributed by atoms with van der Waals surface area (Å²) in [5.74, 6) is 0.797. The highest BCUT2D eigenvalue weighted by molar-refractivity contribution is 6.30. The molecule has 6 nitrogen and oxygen atoms in total. The average Bonchev–Trinajstić information content (AvgIpc) is 2.65. The predicted octanol–water partition coefficient (Wildman–Crippen LogP) is 3.02. The summed E-state index contributed by atoms with van der Waals surface area (Å²) >= 11 is 5.95. The molecule has 0 aliphatic rings. The van der Waals surface area contributed by atoms with Crippen LogP contribution < -0.4 is 21.1 Å². The lowest BCUT2D eigenvalue weighted by Crippen LogP contribution is -2.38. The largest absolute Gasteiger partial charge is 0.484 e. The number of carbonyl (C=O) groups is 1. The number of rotatable bonds is 8. The van der Waals surface area contributed by atoms with Crippen LogP contribution in [-0.4, -0.2) is 25.0 Å². The molecule has 7 heteroatoms. The van der Waals surface area contributed by atoms with Gasteiger partial charge in [0.2, 0.25) is 0 Å². The van der Waals surface area contributed by atoms with E-state index in [0.29, 0.717) is 23.3 Å². The van der Waals surface area contributed by atoms with E-state index in [2.05, 4.69) is 22.5 Å². The number of amides is 1. The van der Waals surface area contributed by atoms with Gasteiger partial charge in [0.25, 0.3) is 5.91 Å². The number of ether oxygens (including phenoxy) is 1. The summed E-state index contributed by atoms with van der Waals surface area (Å²) in [6.45, 7) is 5.16. The Balaban J connectivity index is 2.03. The SMILES string of the molecule is CCNC(=NCc1cccc(OCC(N)=O)c1)NC(C)c1ccc(Cl)cc1. The lowest BCUT2D eigenvalue weighted by Gasteiger charge is -2.18. The topological polar surface area (TPSA) is 88.7 Å². The minimum atomic E-state index is -0.506. The van der Waals surface area contributed by atoms with Crippen LogP contribution in [0.5, 0.6) is 5.75 Å². The van der Waals surface area contributed by atoms with E-state index in [1.807, 2.05) is 49.4 Å². The lowest BCUT2D eigenvalue weighted by atomic mass is 10.1. The number of guanidine groups is 1. The van der Waals surface area contributed by atoms with Crippen molar-refractivity contribution in [3.8, 4) is 5.75 Å². The van der Waals surface area contributed by atoms with Crippen LogP contribution in [0.15, 0.2) is 53.5 Å². The van der Waals surface area contributed by atoms with Gasteiger partial charge in [-0.2, -0.15) is 0 Å². The van der Waals surface area contributed by atoms with E-state index in [-0.39, 0.29) is 12.6 Å². The Morgan fingerprint density at radius 3 is 2.67 bits per heavy atom. The molecule has 1 unspecified atom stereocenters. The fraction of sp³-hybridized carbons (Fsp3) is 0.300. The minimum absolute atomic E-state index is 0.0744. The van der Waals surface area contributed by atoms with Gasteiger partial charge in [-0.1, -0.05) is 35.9 Å². The number of benzene rings is 2. The number of hydrogen-bond donors (Lipinski definition) is 3. The molecule has 27 heavy (non-hydrogen) atoms. The second-order valence-corrected chi connectivity index (χ2v) is 6.45. The Morgan fingerprint density at radius 2 is 2.00 bits per heavy atom. The van der Waals surface area contributed by atoms with Gasteiger partial charge in [-0.15, -0.1) is 0 Å². The summed E-state index contributed by atoms with van der Waals surface area (Å²) in [4.78, 5) is 15.5. The number of halogens is 1. The van der Waals surface area contributed by atoms with Crippen LogP contribution in [0.4, 0.5) is 0 Å². The summed E-state index contributed by atoms with van der Waals surface area (Å²) in [7, 11) is 0. The number of nitrogens with one attached hydrogen (secondary N) is 2. The Bertz CT molecular complexity index is 778. The maximum atomic E-state index is 10.8. The molecule has 0 saturated carbocycles. The molecule has 0 bridgehead atoms. The maximum absolute atomic E-state index is 10.8. The fourth-order valence-electron chi connectivity index (χ4n) is 2.42. The van der Waals surface area contributed by atoms with Gasteiger partial charge >= 0.3 is 0 Å². The van der Waals surface area contributed by atoms with E-state index in [4.69, 9.17) is 22.1 Å². The van der Waals surface area contributed by atoms with E-state index in [0.717, 1.165) is 17.7 Å². The molecule has 0 aliphatic heterocycles. The molecular weight excluding hydrogens is 364 g/mol. The smallest absolute Gasteiger partial charge is 0.255 e. The summed E-state index contributed by atoms with van der Waals surface area (Å²) < 4.78 is 5.33. The van der Waals surface area contributed by atoms with Crippen LogP contribution in [0.25, 0.3) is 0 Å². The Labute approximate surface area is 164 Å². The zero-order valence-electron chi connectivity index (χ0n) is 15.5. The summed E-state index contributed by atoms with van der Waals surface area (Å²) in [6, 6.07) is 15.2. The molecule has 144 valence electrons. The van der Waals surface area contributed by atoms with Crippen molar-refractivity contribution in [1.29, 1.82) is 0 Å². The molecular formula is C20H25ClN4O2. The second kappa shape index (κ2) is 10.4. The molecule has 1 amide bonds. The molecule has 0 heterocycles. The first-order valence-electron chi connectivity index (χ1n) is 8.78. The quantitative estimate of drug-likeness (QED) is 0.479. The van der Waals surface area contributed by atoms with E-state index < -0.39 is 5.91 Å². The van der Waals surface area contributed by atoms with Crippen LogP contribution >= 0.6 is 11.6 Å². The van der Waals surface area contributed by atoms with Gasteiger partial charge < -0.3 is 21.1 Å². The van der Waals surface area contributed by atoms with E-state index >= 15 is 0 Å². The predicted molar refractivity (Wildman–Crippen MR) is 109 cm³/mol. The highest BCUT2D eigenvalue weighted by Gasteiger charge is 2.08. The van der Waals surface area contributed by atoms with Crippen molar-refractivity contribution in [1.82, 2.24) is 10.6 Å². The van der Waals surface area contributed by atoms with Gasteiger partial charge in [-0.25, -0.2) is 4.99 Å². The number of hydrogen-bond acceptors (Lipinski definition) is 3. The Hall–Kier alpha value is -2.73. The van der Waals surface area contributed by atoms with E-state index in [1.54, 1.807) is 6.07 Å². The van der Waals surface area contributed by atoms with Crippen molar-refractivity contribution in [3.05, 3.63) is 64.7 Å². The van der Waals surface area contributed by atoms with Gasteiger partial charge in [0, 0.05) is 11.6 Å². The van der Waals surface area contributed by atoms with Gasteiger partial charge in [-0.05, 0) is 49.2 Å². The Kier molecular flexibility index (Phi) is 7.95. The number of primary amides is 1. The van der Waals surface area contributed by atoms with Crippen molar-refractivity contribution in [2.24, 2.45) is 10.7 Å². The average molecular weight is 389 g/mol.